The maximum absolute atomic E-state index is 13.5. The van der Waals surface area contributed by atoms with Gasteiger partial charge in [-0.05, 0) is 44.0 Å². The minimum absolute atomic E-state index is 0.0715. The molecule has 1 aromatic rings. The van der Waals surface area contributed by atoms with Gasteiger partial charge in [-0.15, -0.1) is 0 Å². The molecule has 0 radical (unpaired) electrons. The van der Waals surface area contributed by atoms with Gasteiger partial charge in [0.2, 0.25) is 0 Å². The van der Waals surface area contributed by atoms with Crippen LogP contribution in [0.15, 0.2) is 24.3 Å². The predicted octanol–water partition coefficient (Wildman–Crippen LogP) is 2.44. The van der Waals surface area contributed by atoms with Crippen molar-refractivity contribution < 1.29 is 4.39 Å². The summed E-state index contributed by atoms with van der Waals surface area (Å²) in [6, 6.07) is 7.72. The fourth-order valence-corrected chi connectivity index (χ4v) is 2.69. The van der Waals surface area contributed by atoms with Crippen LogP contribution in [0.4, 0.5) is 4.39 Å². The van der Waals surface area contributed by atoms with E-state index in [9.17, 15) is 4.39 Å². The van der Waals surface area contributed by atoms with Gasteiger partial charge in [0.25, 0.3) is 0 Å². The molecule has 18 heavy (non-hydrogen) atoms. The number of hydrogen-bond donors (Lipinski definition) is 1. The van der Waals surface area contributed by atoms with Gasteiger partial charge in [-0.1, -0.05) is 25.1 Å². The van der Waals surface area contributed by atoms with E-state index in [1.54, 1.807) is 12.1 Å². The van der Waals surface area contributed by atoms with Crippen LogP contribution in [0.25, 0.3) is 0 Å². The SMILES string of the molecule is CCNC1CCCN(CCc2ccccc2F)C1. The summed E-state index contributed by atoms with van der Waals surface area (Å²) in [5.41, 5.74) is 0.836. The van der Waals surface area contributed by atoms with E-state index < -0.39 is 0 Å². The van der Waals surface area contributed by atoms with Crippen LogP contribution in [0.2, 0.25) is 0 Å². The van der Waals surface area contributed by atoms with E-state index in [2.05, 4.69) is 17.1 Å². The summed E-state index contributed by atoms with van der Waals surface area (Å²) in [6.45, 7) is 6.39. The van der Waals surface area contributed by atoms with Gasteiger partial charge < -0.3 is 10.2 Å². The first-order chi connectivity index (χ1) is 8.79. The average molecular weight is 250 g/mol. The second-order valence-electron chi connectivity index (χ2n) is 5.04. The fourth-order valence-electron chi connectivity index (χ4n) is 2.69. The number of likely N-dealkylation sites (tertiary alicyclic amines) is 1. The molecule has 100 valence electrons. The van der Waals surface area contributed by atoms with Crippen molar-refractivity contribution in [3.63, 3.8) is 0 Å². The Morgan fingerprint density at radius 1 is 1.39 bits per heavy atom. The smallest absolute Gasteiger partial charge is 0.126 e. The molecule has 0 saturated carbocycles. The third-order valence-corrected chi connectivity index (χ3v) is 3.65. The van der Waals surface area contributed by atoms with Crippen LogP contribution in [0.1, 0.15) is 25.3 Å². The normalized spacial score (nSPS) is 21.1. The number of piperidine rings is 1. The van der Waals surface area contributed by atoms with Crippen molar-refractivity contribution in [3.05, 3.63) is 35.6 Å². The minimum Gasteiger partial charge on any atom is -0.313 e. The largest absolute Gasteiger partial charge is 0.313 e. The number of hydrogen-bond acceptors (Lipinski definition) is 2. The van der Waals surface area contributed by atoms with E-state index in [1.807, 2.05) is 12.1 Å². The second-order valence-corrected chi connectivity index (χ2v) is 5.04. The highest BCUT2D eigenvalue weighted by atomic mass is 19.1. The van der Waals surface area contributed by atoms with Crippen LogP contribution >= 0.6 is 0 Å². The molecular weight excluding hydrogens is 227 g/mol. The van der Waals surface area contributed by atoms with E-state index in [-0.39, 0.29) is 5.82 Å². The number of nitrogens with one attached hydrogen (secondary N) is 1. The molecule has 0 aromatic heterocycles. The van der Waals surface area contributed by atoms with Gasteiger partial charge in [-0.2, -0.15) is 0 Å². The molecule has 0 spiro atoms. The number of likely N-dealkylation sites (N-methyl/N-ethyl adjacent to an activating group) is 1. The van der Waals surface area contributed by atoms with Crippen molar-refractivity contribution in [3.8, 4) is 0 Å². The fraction of sp³-hybridized carbons (Fsp3) is 0.600. The van der Waals surface area contributed by atoms with E-state index in [0.29, 0.717) is 6.04 Å². The monoisotopic (exact) mass is 250 g/mol. The number of benzene rings is 1. The lowest BCUT2D eigenvalue weighted by Gasteiger charge is -2.33. The maximum Gasteiger partial charge on any atom is 0.126 e. The van der Waals surface area contributed by atoms with Gasteiger partial charge in [-0.3, -0.25) is 0 Å². The van der Waals surface area contributed by atoms with Crippen molar-refractivity contribution in [2.24, 2.45) is 0 Å². The lowest BCUT2D eigenvalue weighted by Crippen LogP contribution is -2.46. The zero-order valence-corrected chi connectivity index (χ0v) is 11.2. The summed E-state index contributed by atoms with van der Waals surface area (Å²) in [5.74, 6) is -0.0715. The summed E-state index contributed by atoms with van der Waals surface area (Å²) in [7, 11) is 0. The van der Waals surface area contributed by atoms with E-state index in [1.165, 1.54) is 12.8 Å². The summed E-state index contributed by atoms with van der Waals surface area (Å²) in [6.07, 6.45) is 3.32. The van der Waals surface area contributed by atoms with Crippen molar-refractivity contribution in [2.75, 3.05) is 26.2 Å². The van der Waals surface area contributed by atoms with Crippen LogP contribution in [-0.2, 0) is 6.42 Å². The Morgan fingerprint density at radius 2 is 2.22 bits per heavy atom. The Labute approximate surface area is 109 Å². The third kappa shape index (κ3) is 3.79. The lowest BCUT2D eigenvalue weighted by atomic mass is 10.0. The lowest BCUT2D eigenvalue weighted by molar-refractivity contribution is 0.193. The van der Waals surface area contributed by atoms with Gasteiger partial charge in [0, 0.05) is 19.1 Å². The molecule has 1 aliphatic heterocycles. The van der Waals surface area contributed by atoms with Crippen LogP contribution < -0.4 is 5.32 Å². The molecule has 0 amide bonds. The van der Waals surface area contributed by atoms with Gasteiger partial charge in [0.1, 0.15) is 5.82 Å². The highest BCUT2D eigenvalue weighted by molar-refractivity contribution is 5.17. The molecule has 1 unspecified atom stereocenters. The molecule has 0 bridgehead atoms. The van der Waals surface area contributed by atoms with Gasteiger partial charge in [-0.25, -0.2) is 4.39 Å². The molecule has 2 rings (SSSR count). The molecule has 0 aliphatic carbocycles. The molecule has 1 saturated heterocycles. The van der Waals surface area contributed by atoms with Crippen LogP contribution in [0.3, 0.4) is 0 Å². The number of halogens is 1. The minimum atomic E-state index is -0.0715. The summed E-state index contributed by atoms with van der Waals surface area (Å²) >= 11 is 0. The Bertz CT molecular complexity index is 365. The highest BCUT2D eigenvalue weighted by Crippen LogP contribution is 2.12. The Hall–Kier alpha value is -0.930. The molecule has 3 heteroatoms. The van der Waals surface area contributed by atoms with Crippen molar-refractivity contribution >= 4 is 0 Å². The number of rotatable bonds is 5. The van der Waals surface area contributed by atoms with Gasteiger partial charge >= 0.3 is 0 Å². The predicted molar refractivity (Wildman–Crippen MR) is 73.2 cm³/mol. The highest BCUT2D eigenvalue weighted by Gasteiger charge is 2.18. The molecule has 1 aliphatic rings. The first-order valence-electron chi connectivity index (χ1n) is 6.98. The zero-order valence-electron chi connectivity index (χ0n) is 11.2. The van der Waals surface area contributed by atoms with E-state index in [0.717, 1.165) is 38.2 Å². The first kappa shape index (κ1) is 13.5. The van der Waals surface area contributed by atoms with E-state index >= 15 is 0 Å². The van der Waals surface area contributed by atoms with Crippen LogP contribution in [0.5, 0.6) is 0 Å². The summed E-state index contributed by atoms with van der Waals surface area (Å²) in [4.78, 5) is 2.45. The Balaban J connectivity index is 1.81. The van der Waals surface area contributed by atoms with Gasteiger partial charge in [0.05, 0.1) is 0 Å². The topological polar surface area (TPSA) is 15.3 Å². The standard InChI is InChI=1S/C15H23FN2/c1-2-17-14-7-5-10-18(12-14)11-9-13-6-3-4-8-15(13)16/h3-4,6,8,14,17H,2,5,7,9-12H2,1H3. The summed E-state index contributed by atoms with van der Waals surface area (Å²) < 4.78 is 13.5. The molecule has 1 aromatic carbocycles. The quantitative estimate of drug-likeness (QED) is 0.863. The molecular formula is C15H23FN2. The average Bonchev–Trinajstić information content (AvgIpc) is 2.39. The Morgan fingerprint density at radius 3 is 3.00 bits per heavy atom. The molecule has 1 fully saturated rings. The van der Waals surface area contributed by atoms with Crippen molar-refractivity contribution in [1.82, 2.24) is 10.2 Å². The van der Waals surface area contributed by atoms with Crippen LogP contribution in [-0.4, -0.2) is 37.1 Å². The van der Waals surface area contributed by atoms with E-state index in [4.69, 9.17) is 0 Å². The summed E-state index contributed by atoms with van der Waals surface area (Å²) in [5, 5.41) is 3.51. The van der Waals surface area contributed by atoms with Gasteiger partial charge in [0.15, 0.2) is 0 Å². The number of nitrogens with zero attached hydrogens (tertiary/aromatic N) is 1. The third-order valence-electron chi connectivity index (χ3n) is 3.65. The molecule has 1 N–H and O–H groups in total. The zero-order chi connectivity index (χ0) is 12.8. The molecule has 2 nitrogen and oxygen atoms in total. The molecule has 1 heterocycles. The first-order valence-corrected chi connectivity index (χ1v) is 6.98. The maximum atomic E-state index is 13.5. The molecule has 1 atom stereocenters. The second kappa shape index (κ2) is 6.86. The van der Waals surface area contributed by atoms with Crippen molar-refractivity contribution in [1.29, 1.82) is 0 Å². The van der Waals surface area contributed by atoms with Crippen LogP contribution in [0, 0.1) is 5.82 Å². The van der Waals surface area contributed by atoms with Crippen molar-refractivity contribution in [2.45, 2.75) is 32.2 Å². The Kier molecular flexibility index (Phi) is 5.14.